The van der Waals surface area contributed by atoms with Crippen LogP contribution in [0, 0.1) is 5.92 Å². The first-order valence-corrected chi connectivity index (χ1v) is 8.05. The van der Waals surface area contributed by atoms with Crippen molar-refractivity contribution in [2.45, 2.75) is 26.8 Å². The molecule has 0 amide bonds. The van der Waals surface area contributed by atoms with E-state index in [-0.39, 0.29) is 0 Å². The highest BCUT2D eigenvalue weighted by molar-refractivity contribution is 7.10. The molecule has 1 aliphatic rings. The fourth-order valence-electron chi connectivity index (χ4n) is 2.62. The maximum Gasteiger partial charge on any atom is 0.0890 e. The number of hydrogen-bond donors (Lipinski definition) is 0. The average Bonchev–Trinajstić information content (AvgIpc) is 3.10. The molecule has 106 valence electrons. The summed E-state index contributed by atoms with van der Waals surface area (Å²) in [6.07, 6.45) is 0. The molecule has 0 saturated heterocycles. The van der Waals surface area contributed by atoms with E-state index in [1.165, 1.54) is 16.2 Å². The van der Waals surface area contributed by atoms with Gasteiger partial charge in [-0.05, 0) is 17.0 Å². The molecule has 0 N–H and O–H groups in total. The number of benzene rings is 1. The molecule has 0 fully saturated rings. The van der Waals surface area contributed by atoms with Crippen LogP contribution in [0.15, 0.2) is 52.9 Å². The van der Waals surface area contributed by atoms with Gasteiger partial charge in [-0.3, -0.25) is 5.01 Å². The number of hydrazone groups is 1. The summed E-state index contributed by atoms with van der Waals surface area (Å²) in [5.41, 5.74) is 2.42. The van der Waals surface area contributed by atoms with Crippen molar-refractivity contribution in [2.24, 2.45) is 11.0 Å². The molecule has 0 saturated carbocycles. The van der Waals surface area contributed by atoms with Gasteiger partial charge in [0.25, 0.3) is 0 Å². The van der Waals surface area contributed by atoms with Gasteiger partial charge in [0.05, 0.1) is 11.8 Å². The lowest BCUT2D eigenvalue weighted by molar-refractivity contribution is 0.261. The van der Waals surface area contributed by atoms with Crippen LogP contribution in [0.1, 0.15) is 37.3 Å². The van der Waals surface area contributed by atoms with Crippen LogP contribution in [-0.4, -0.2) is 17.8 Å². The van der Waals surface area contributed by atoms with Crippen LogP contribution in [0.4, 0.5) is 0 Å². The Kier molecular flexibility index (Phi) is 4.96. The second-order valence-electron chi connectivity index (χ2n) is 4.67. The molecular formula is C17H22N2S. The van der Waals surface area contributed by atoms with Gasteiger partial charge >= 0.3 is 0 Å². The fourth-order valence-corrected chi connectivity index (χ4v) is 3.58. The lowest BCUT2D eigenvalue weighted by Crippen LogP contribution is -2.20. The Hall–Kier alpha value is -1.61. The van der Waals surface area contributed by atoms with E-state index in [1.54, 1.807) is 0 Å². The minimum atomic E-state index is 0.375. The van der Waals surface area contributed by atoms with Crippen molar-refractivity contribution in [3.63, 3.8) is 0 Å². The van der Waals surface area contributed by atoms with Gasteiger partial charge in [-0.1, -0.05) is 57.2 Å². The van der Waals surface area contributed by atoms with Gasteiger partial charge in [-0.2, -0.15) is 5.10 Å². The van der Waals surface area contributed by atoms with Crippen molar-refractivity contribution in [1.29, 1.82) is 0 Å². The van der Waals surface area contributed by atoms with E-state index in [0.29, 0.717) is 12.0 Å². The molecule has 0 radical (unpaired) electrons. The topological polar surface area (TPSA) is 15.6 Å². The lowest BCUT2D eigenvalue weighted by Gasteiger charge is -2.21. The predicted octanol–water partition coefficient (Wildman–Crippen LogP) is 4.80. The first-order chi connectivity index (χ1) is 9.77. The average molecular weight is 286 g/mol. The first-order valence-electron chi connectivity index (χ1n) is 7.17. The number of nitrogens with zero attached hydrogens (tertiary/aromatic N) is 2. The third kappa shape index (κ3) is 2.78. The van der Waals surface area contributed by atoms with Crippen LogP contribution in [-0.2, 0) is 0 Å². The molecule has 1 aliphatic heterocycles. The van der Waals surface area contributed by atoms with E-state index >= 15 is 0 Å². The van der Waals surface area contributed by atoms with Crippen LogP contribution in [0.5, 0.6) is 0 Å². The number of hydrogen-bond acceptors (Lipinski definition) is 3. The maximum absolute atomic E-state index is 4.73. The van der Waals surface area contributed by atoms with E-state index in [2.05, 4.69) is 60.8 Å². The molecule has 1 aromatic carbocycles. The molecule has 0 spiro atoms. The Morgan fingerprint density at radius 2 is 1.75 bits per heavy atom. The van der Waals surface area contributed by atoms with Crippen molar-refractivity contribution in [3.05, 3.63) is 58.3 Å². The number of rotatable bonds is 2. The van der Waals surface area contributed by atoms with Crippen LogP contribution in [0.3, 0.4) is 0 Å². The van der Waals surface area contributed by atoms with Gasteiger partial charge in [0.2, 0.25) is 0 Å². The normalized spacial score (nSPS) is 21.2. The van der Waals surface area contributed by atoms with Crippen molar-refractivity contribution in [2.75, 3.05) is 7.05 Å². The summed E-state index contributed by atoms with van der Waals surface area (Å²) in [4.78, 5) is 1.39. The quantitative estimate of drug-likeness (QED) is 0.774. The summed E-state index contributed by atoms with van der Waals surface area (Å²) in [6.45, 7) is 6.26. The van der Waals surface area contributed by atoms with Crippen molar-refractivity contribution in [1.82, 2.24) is 5.01 Å². The molecule has 20 heavy (non-hydrogen) atoms. The Morgan fingerprint density at radius 3 is 2.35 bits per heavy atom. The molecular weight excluding hydrogens is 264 g/mol. The van der Waals surface area contributed by atoms with Crippen LogP contribution < -0.4 is 0 Å². The Morgan fingerprint density at radius 1 is 1.05 bits per heavy atom. The monoisotopic (exact) mass is 286 g/mol. The second kappa shape index (κ2) is 6.71. The molecule has 0 bridgehead atoms. The van der Waals surface area contributed by atoms with E-state index < -0.39 is 0 Å². The van der Waals surface area contributed by atoms with E-state index in [4.69, 9.17) is 5.10 Å². The van der Waals surface area contributed by atoms with Crippen LogP contribution >= 0.6 is 11.3 Å². The fraction of sp³-hybridized carbons (Fsp3) is 0.353. The molecule has 2 atom stereocenters. The zero-order valence-corrected chi connectivity index (χ0v) is 13.4. The van der Waals surface area contributed by atoms with E-state index in [9.17, 15) is 0 Å². The highest BCUT2D eigenvalue weighted by Gasteiger charge is 2.34. The standard InChI is InChI=1S/C15H16N2S.C2H6/c1-11-14(12-7-4-3-5-8-12)16-17(2)15(11)13-9-6-10-18-13;1-2/h3-11,15H,1-2H3;1-2H3. The largest absolute Gasteiger partial charge is 0.291 e. The summed E-state index contributed by atoms with van der Waals surface area (Å²) < 4.78 is 0. The Balaban J connectivity index is 0.000000704. The molecule has 0 aliphatic carbocycles. The Bertz CT molecular complexity index is 546. The zero-order chi connectivity index (χ0) is 14.5. The highest BCUT2D eigenvalue weighted by atomic mass is 32.1. The minimum absolute atomic E-state index is 0.375. The summed E-state index contributed by atoms with van der Waals surface area (Å²) in [5, 5.41) is 8.97. The summed E-state index contributed by atoms with van der Waals surface area (Å²) in [7, 11) is 2.07. The van der Waals surface area contributed by atoms with Crippen molar-refractivity contribution < 1.29 is 0 Å². The van der Waals surface area contributed by atoms with E-state index in [1.807, 2.05) is 31.3 Å². The van der Waals surface area contributed by atoms with Crippen LogP contribution in [0.2, 0.25) is 0 Å². The SMILES string of the molecule is CC.CC1C(c2ccccc2)=NN(C)C1c1cccs1. The predicted molar refractivity (Wildman–Crippen MR) is 88.3 cm³/mol. The van der Waals surface area contributed by atoms with Crippen LogP contribution in [0.25, 0.3) is 0 Å². The Labute approximate surface area is 125 Å². The molecule has 1 aromatic heterocycles. The smallest absolute Gasteiger partial charge is 0.0890 e. The van der Waals surface area contributed by atoms with Gasteiger partial charge in [-0.15, -0.1) is 11.3 Å². The molecule has 2 heterocycles. The van der Waals surface area contributed by atoms with Crippen molar-refractivity contribution in [3.8, 4) is 0 Å². The molecule has 2 aromatic rings. The highest BCUT2D eigenvalue weighted by Crippen LogP contribution is 2.37. The number of thiophene rings is 1. The third-order valence-corrected chi connectivity index (χ3v) is 4.42. The minimum Gasteiger partial charge on any atom is -0.291 e. The summed E-state index contributed by atoms with van der Waals surface area (Å²) in [6, 6.07) is 15.2. The second-order valence-corrected chi connectivity index (χ2v) is 5.65. The first kappa shape index (κ1) is 14.8. The van der Waals surface area contributed by atoms with Gasteiger partial charge in [-0.25, -0.2) is 0 Å². The van der Waals surface area contributed by atoms with E-state index in [0.717, 1.165) is 0 Å². The third-order valence-electron chi connectivity index (χ3n) is 3.48. The molecule has 2 unspecified atom stereocenters. The molecule has 3 heteroatoms. The van der Waals surface area contributed by atoms with Gasteiger partial charge in [0.1, 0.15) is 0 Å². The summed E-state index contributed by atoms with van der Waals surface area (Å²) in [5.74, 6) is 0.427. The summed E-state index contributed by atoms with van der Waals surface area (Å²) >= 11 is 1.81. The molecule has 3 rings (SSSR count). The van der Waals surface area contributed by atoms with Crippen molar-refractivity contribution >= 4 is 17.0 Å². The lowest BCUT2D eigenvalue weighted by atomic mass is 9.92. The van der Waals surface area contributed by atoms with Gasteiger partial charge in [0, 0.05) is 17.8 Å². The van der Waals surface area contributed by atoms with Gasteiger partial charge in [0.15, 0.2) is 0 Å². The zero-order valence-electron chi connectivity index (χ0n) is 12.6. The maximum atomic E-state index is 4.73. The molecule has 2 nitrogen and oxygen atoms in total. The van der Waals surface area contributed by atoms with Gasteiger partial charge < -0.3 is 0 Å².